The van der Waals surface area contributed by atoms with Gasteiger partial charge in [0.05, 0.1) is 12.2 Å². The fourth-order valence-electron chi connectivity index (χ4n) is 1.76. The first kappa shape index (κ1) is 12.2. The van der Waals surface area contributed by atoms with Gasteiger partial charge in [0.25, 0.3) is 0 Å². The van der Waals surface area contributed by atoms with Crippen molar-refractivity contribution in [3.63, 3.8) is 0 Å². The van der Waals surface area contributed by atoms with Crippen molar-refractivity contribution >= 4 is 5.97 Å². The highest BCUT2D eigenvalue weighted by atomic mass is 16.5. The standard InChI is InChI=1S/C15H14O3/c1-2-18-14-8-4-6-12(10-14)11-5-3-7-13(9-11)15(16)17/h3-10H,2H2,1H3,(H,16,17). The molecule has 0 aliphatic heterocycles. The van der Waals surface area contributed by atoms with Crippen LogP contribution in [0.4, 0.5) is 0 Å². The molecule has 0 saturated carbocycles. The number of benzene rings is 2. The van der Waals surface area contributed by atoms with Crippen LogP contribution in [0.1, 0.15) is 17.3 Å². The Hall–Kier alpha value is -2.29. The summed E-state index contributed by atoms with van der Waals surface area (Å²) >= 11 is 0. The van der Waals surface area contributed by atoms with Gasteiger partial charge in [0.1, 0.15) is 5.75 Å². The first-order chi connectivity index (χ1) is 8.70. The SMILES string of the molecule is CCOc1cccc(-c2cccc(C(=O)O)c2)c1. The van der Waals surface area contributed by atoms with Crippen LogP contribution in [0.25, 0.3) is 11.1 Å². The van der Waals surface area contributed by atoms with Gasteiger partial charge in [-0.3, -0.25) is 0 Å². The van der Waals surface area contributed by atoms with Gasteiger partial charge in [-0.05, 0) is 42.3 Å². The molecule has 0 spiro atoms. The van der Waals surface area contributed by atoms with Crippen molar-refractivity contribution in [2.45, 2.75) is 6.92 Å². The van der Waals surface area contributed by atoms with E-state index in [1.165, 1.54) is 0 Å². The van der Waals surface area contributed by atoms with E-state index in [0.29, 0.717) is 6.61 Å². The Morgan fingerprint density at radius 1 is 1.11 bits per heavy atom. The molecule has 3 heteroatoms. The zero-order valence-corrected chi connectivity index (χ0v) is 10.1. The average Bonchev–Trinajstić information content (AvgIpc) is 2.39. The van der Waals surface area contributed by atoms with Crippen LogP contribution in [0, 0.1) is 0 Å². The predicted octanol–water partition coefficient (Wildman–Crippen LogP) is 3.45. The lowest BCUT2D eigenvalue weighted by Gasteiger charge is -2.07. The van der Waals surface area contributed by atoms with Gasteiger partial charge in [-0.15, -0.1) is 0 Å². The largest absolute Gasteiger partial charge is 0.494 e. The van der Waals surface area contributed by atoms with Gasteiger partial charge in [0.15, 0.2) is 0 Å². The van der Waals surface area contributed by atoms with E-state index >= 15 is 0 Å². The van der Waals surface area contributed by atoms with E-state index in [4.69, 9.17) is 9.84 Å². The van der Waals surface area contributed by atoms with E-state index in [1.807, 2.05) is 37.3 Å². The fraction of sp³-hybridized carbons (Fsp3) is 0.133. The molecule has 1 N–H and O–H groups in total. The Morgan fingerprint density at radius 2 is 1.78 bits per heavy atom. The molecular formula is C15H14O3. The highest BCUT2D eigenvalue weighted by molar-refractivity contribution is 5.89. The van der Waals surface area contributed by atoms with Crippen molar-refractivity contribution in [3.8, 4) is 16.9 Å². The predicted molar refractivity (Wildman–Crippen MR) is 70.0 cm³/mol. The molecule has 0 fully saturated rings. The molecule has 0 atom stereocenters. The maximum absolute atomic E-state index is 10.9. The Kier molecular flexibility index (Phi) is 3.63. The molecule has 0 radical (unpaired) electrons. The molecule has 18 heavy (non-hydrogen) atoms. The summed E-state index contributed by atoms with van der Waals surface area (Å²) in [7, 11) is 0. The van der Waals surface area contributed by atoms with Gasteiger partial charge in [-0.2, -0.15) is 0 Å². The van der Waals surface area contributed by atoms with E-state index in [1.54, 1.807) is 18.2 Å². The molecule has 0 amide bonds. The molecule has 2 aromatic rings. The average molecular weight is 242 g/mol. The third kappa shape index (κ3) is 2.69. The van der Waals surface area contributed by atoms with Crippen LogP contribution in [0.15, 0.2) is 48.5 Å². The summed E-state index contributed by atoms with van der Waals surface area (Å²) in [5.74, 6) is -0.131. The number of ether oxygens (including phenoxy) is 1. The van der Waals surface area contributed by atoms with Crippen molar-refractivity contribution in [3.05, 3.63) is 54.1 Å². The lowest BCUT2D eigenvalue weighted by molar-refractivity contribution is 0.0697. The minimum absolute atomic E-state index is 0.286. The molecule has 0 aliphatic rings. The molecule has 0 unspecified atom stereocenters. The van der Waals surface area contributed by atoms with E-state index in [9.17, 15) is 4.79 Å². The number of hydrogen-bond acceptors (Lipinski definition) is 2. The van der Waals surface area contributed by atoms with Crippen molar-refractivity contribution in [1.82, 2.24) is 0 Å². The summed E-state index contributed by atoms with van der Waals surface area (Å²) < 4.78 is 5.43. The molecule has 3 nitrogen and oxygen atoms in total. The monoisotopic (exact) mass is 242 g/mol. The second kappa shape index (κ2) is 5.36. The van der Waals surface area contributed by atoms with Crippen molar-refractivity contribution in [2.75, 3.05) is 6.61 Å². The van der Waals surface area contributed by atoms with Gasteiger partial charge in [-0.1, -0.05) is 24.3 Å². The lowest BCUT2D eigenvalue weighted by Crippen LogP contribution is -1.96. The van der Waals surface area contributed by atoms with E-state index < -0.39 is 5.97 Å². The third-order valence-corrected chi connectivity index (χ3v) is 2.59. The summed E-state index contributed by atoms with van der Waals surface area (Å²) in [6.45, 7) is 2.54. The number of carbonyl (C=O) groups is 1. The molecule has 0 aliphatic carbocycles. The minimum Gasteiger partial charge on any atom is -0.494 e. The smallest absolute Gasteiger partial charge is 0.335 e. The van der Waals surface area contributed by atoms with Crippen molar-refractivity contribution in [2.24, 2.45) is 0 Å². The van der Waals surface area contributed by atoms with E-state index in [-0.39, 0.29) is 5.56 Å². The third-order valence-electron chi connectivity index (χ3n) is 2.59. The summed E-state index contributed by atoms with van der Waals surface area (Å²) in [6.07, 6.45) is 0. The quantitative estimate of drug-likeness (QED) is 0.893. The molecular weight excluding hydrogens is 228 g/mol. The Morgan fingerprint density at radius 3 is 2.44 bits per heavy atom. The lowest BCUT2D eigenvalue weighted by atomic mass is 10.0. The zero-order valence-electron chi connectivity index (χ0n) is 10.1. The molecule has 92 valence electrons. The van der Waals surface area contributed by atoms with E-state index in [2.05, 4.69) is 0 Å². The molecule has 0 heterocycles. The minimum atomic E-state index is -0.919. The van der Waals surface area contributed by atoms with Crippen molar-refractivity contribution < 1.29 is 14.6 Å². The maximum atomic E-state index is 10.9. The van der Waals surface area contributed by atoms with Crippen LogP contribution >= 0.6 is 0 Å². The summed E-state index contributed by atoms with van der Waals surface area (Å²) in [5.41, 5.74) is 2.11. The highest BCUT2D eigenvalue weighted by Crippen LogP contribution is 2.24. The van der Waals surface area contributed by atoms with Crippen LogP contribution in [0.3, 0.4) is 0 Å². The molecule has 0 bridgehead atoms. The van der Waals surface area contributed by atoms with Gasteiger partial charge in [0, 0.05) is 0 Å². The van der Waals surface area contributed by atoms with Crippen LogP contribution in [0.2, 0.25) is 0 Å². The van der Waals surface area contributed by atoms with Gasteiger partial charge >= 0.3 is 5.97 Å². The van der Waals surface area contributed by atoms with Gasteiger partial charge < -0.3 is 9.84 Å². The summed E-state index contributed by atoms with van der Waals surface area (Å²) in [4.78, 5) is 10.9. The Labute approximate surface area is 106 Å². The highest BCUT2D eigenvalue weighted by Gasteiger charge is 2.05. The summed E-state index contributed by atoms with van der Waals surface area (Å²) in [5, 5.41) is 8.97. The normalized spacial score (nSPS) is 10.1. The van der Waals surface area contributed by atoms with Crippen LogP contribution in [-0.2, 0) is 0 Å². The number of rotatable bonds is 4. The fourth-order valence-corrected chi connectivity index (χ4v) is 1.76. The maximum Gasteiger partial charge on any atom is 0.335 e. The Bertz CT molecular complexity index is 561. The first-order valence-corrected chi connectivity index (χ1v) is 5.77. The topological polar surface area (TPSA) is 46.5 Å². The van der Waals surface area contributed by atoms with Crippen LogP contribution in [-0.4, -0.2) is 17.7 Å². The number of carboxylic acids is 1. The van der Waals surface area contributed by atoms with Gasteiger partial charge in [-0.25, -0.2) is 4.79 Å². The summed E-state index contributed by atoms with van der Waals surface area (Å²) in [6, 6.07) is 14.5. The number of aromatic carboxylic acids is 1. The number of hydrogen-bond donors (Lipinski definition) is 1. The van der Waals surface area contributed by atoms with E-state index in [0.717, 1.165) is 16.9 Å². The second-order valence-corrected chi connectivity index (χ2v) is 3.85. The molecule has 2 aromatic carbocycles. The second-order valence-electron chi connectivity index (χ2n) is 3.85. The number of carboxylic acid groups (broad SMARTS) is 1. The molecule has 2 rings (SSSR count). The molecule has 0 aromatic heterocycles. The van der Waals surface area contributed by atoms with Crippen LogP contribution in [0.5, 0.6) is 5.75 Å². The van der Waals surface area contributed by atoms with Crippen LogP contribution < -0.4 is 4.74 Å². The zero-order chi connectivity index (χ0) is 13.0. The van der Waals surface area contributed by atoms with Crippen molar-refractivity contribution in [1.29, 1.82) is 0 Å². The molecule has 0 saturated heterocycles. The van der Waals surface area contributed by atoms with Gasteiger partial charge in [0.2, 0.25) is 0 Å². The first-order valence-electron chi connectivity index (χ1n) is 5.77. The Balaban J connectivity index is 2.38.